The van der Waals surface area contributed by atoms with E-state index in [0.717, 1.165) is 15.6 Å². The summed E-state index contributed by atoms with van der Waals surface area (Å²) < 4.78 is 13.7. The first kappa shape index (κ1) is 20.5. The molecule has 3 rings (SSSR count). The van der Waals surface area contributed by atoms with Gasteiger partial charge in [0.05, 0.1) is 28.2 Å². The van der Waals surface area contributed by atoms with Crippen molar-refractivity contribution in [2.24, 2.45) is 0 Å². The standard InChI is InChI=1S/C19H20ClFN4O2S/c1-10-17(9-26)28-19(23-10)16(8-22-2)25-18(27)15-6-5-14(24-15)11-3-4-12(20)13(21)7-11/h3-7,16,22,24,26H,8-9H2,1-2H3,(H,25,27). The fourth-order valence-electron chi connectivity index (χ4n) is 2.75. The summed E-state index contributed by atoms with van der Waals surface area (Å²) in [6.45, 7) is 2.23. The van der Waals surface area contributed by atoms with Gasteiger partial charge in [-0.25, -0.2) is 9.37 Å². The lowest BCUT2D eigenvalue weighted by Gasteiger charge is -2.15. The van der Waals surface area contributed by atoms with E-state index in [0.29, 0.717) is 23.5 Å². The summed E-state index contributed by atoms with van der Waals surface area (Å²) >= 11 is 7.09. The highest BCUT2D eigenvalue weighted by Gasteiger charge is 2.21. The number of aromatic nitrogens is 2. The molecule has 1 amide bonds. The second kappa shape index (κ2) is 8.83. The molecule has 0 saturated heterocycles. The number of aryl methyl sites for hydroxylation is 1. The van der Waals surface area contributed by atoms with Gasteiger partial charge in [0, 0.05) is 17.8 Å². The maximum absolute atomic E-state index is 13.7. The molecule has 0 spiro atoms. The Hall–Kier alpha value is -2.26. The van der Waals surface area contributed by atoms with Crippen molar-refractivity contribution in [1.29, 1.82) is 0 Å². The maximum atomic E-state index is 13.7. The summed E-state index contributed by atoms with van der Waals surface area (Å²) in [6.07, 6.45) is 0. The average Bonchev–Trinajstić information content (AvgIpc) is 3.30. The summed E-state index contributed by atoms with van der Waals surface area (Å²) in [5.74, 6) is -0.827. The lowest BCUT2D eigenvalue weighted by molar-refractivity contribution is 0.0932. The first-order chi connectivity index (χ1) is 13.4. The number of amides is 1. The summed E-state index contributed by atoms with van der Waals surface area (Å²) in [4.78, 5) is 20.9. The summed E-state index contributed by atoms with van der Waals surface area (Å²) in [6, 6.07) is 7.47. The van der Waals surface area contributed by atoms with Crippen LogP contribution >= 0.6 is 22.9 Å². The topological polar surface area (TPSA) is 90.0 Å². The van der Waals surface area contributed by atoms with Crippen LogP contribution in [0.3, 0.4) is 0 Å². The van der Waals surface area contributed by atoms with Crippen molar-refractivity contribution in [3.8, 4) is 11.3 Å². The molecular formula is C19H20ClFN4O2S. The first-order valence-electron chi connectivity index (χ1n) is 8.60. The third kappa shape index (κ3) is 4.41. The van der Waals surface area contributed by atoms with E-state index in [1.165, 1.54) is 23.5 Å². The number of rotatable bonds is 7. The van der Waals surface area contributed by atoms with E-state index in [-0.39, 0.29) is 23.6 Å². The van der Waals surface area contributed by atoms with Gasteiger partial charge in [0.1, 0.15) is 16.5 Å². The molecule has 0 radical (unpaired) electrons. The number of nitrogens with one attached hydrogen (secondary N) is 3. The lowest BCUT2D eigenvalue weighted by atomic mass is 10.1. The summed E-state index contributed by atoms with van der Waals surface area (Å²) in [5.41, 5.74) is 2.31. The first-order valence-corrected chi connectivity index (χ1v) is 9.79. The third-order valence-electron chi connectivity index (χ3n) is 4.23. The number of hydrogen-bond donors (Lipinski definition) is 4. The molecule has 0 aliphatic rings. The molecule has 1 atom stereocenters. The molecule has 1 unspecified atom stereocenters. The van der Waals surface area contributed by atoms with Gasteiger partial charge in [-0.3, -0.25) is 4.79 Å². The minimum atomic E-state index is -0.521. The Morgan fingerprint density at radius 1 is 1.39 bits per heavy atom. The monoisotopic (exact) mass is 422 g/mol. The van der Waals surface area contributed by atoms with Crippen molar-refractivity contribution in [1.82, 2.24) is 20.6 Å². The number of thiazole rings is 1. The van der Waals surface area contributed by atoms with Crippen LogP contribution in [-0.4, -0.2) is 34.6 Å². The lowest BCUT2D eigenvalue weighted by Crippen LogP contribution is -2.34. The van der Waals surface area contributed by atoms with Crippen molar-refractivity contribution in [2.45, 2.75) is 19.6 Å². The third-order valence-corrected chi connectivity index (χ3v) is 5.79. The minimum Gasteiger partial charge on any atom is -0.391 e. The van der Waals surface area contributed by atoms with E-state index >= 15 is 0 Å². The number of halogens is 2. The van der Waals surface area contributed by atoms with E-state index in [1.54, 1.807) is 25.2 Å². The Morgan fingerprint density at radius 2 is 2.18 bits per heavy atom. The molecule has 2 aromatic heterocycles. The molecule has 3 aromatic rings. The van der Waals surface area contributed by atoms with Gasteiger partial charge in [-0.2, -0.15) is 0 Å². The van der Waals surface area contributed by atoms with E-state index in [2.05, 4.69) is 20.6 Å². The van der Waals surface area contributed by atoms with Crippen molar-refractivity contribution in [2.75, 3.05) is 13.6 Å². The molecule has 4 N–H and O–H groups in total. The number of carbonyl (C=O) groups is 1. The largest absolute Gasteiger partial charge is 0.391 e. The second-order valence-corrected chi connectivity index (χ2v) is 7.74. The molecule has 0 aliphatic heterocycles. The SMILES string of the molecule is CNCC(NC(=O)c1ccc(-c2ccc(Cl)c(F)c2)[nH]1)c1nc(C)c(CO)s1. The maximum Gasteiger partial charge on any atom is 0.268 e. The zero-order chi connectivity index (χ0) is 20.3. The van der Waals surface area contributed by atoms with Gasteiger partial charge in [-0.05, 0) is 38.2 Å². The van der Waals surface area contributed by atoms with Gasteiger partial charge in [0.2, 0.25) is 0 Å². The molecule has 0 saturated carbocycles. The zero-order valence-electron chi connectivity index (χ0n) is 15.3. The molecule has 2 heterocycles. The number of likely N-dealkylation sites (N-methyl/N-ethyl adjacent to an activating group) is 1. The number of hydrogen-bond acceptors (Lipinski definition) is 5. The van der Waals surface area contributed by atoms with Crippen molar-refractivity contribution in [3.63, 3.8) is 0 Å². The Labute approximate surface area is 170 Å². The fourth-order valence-corrected chi connectivity index (χ4v) is 3.84. The van der Waals surface area contributed by atoms with Crippen molar-refractivity contribution >= 4 is 28.8 Å². The van der Waals surface area contributed by atoms with Gasteiger partial charge in [0.15, 0.2) is 0 Å². The molecule has 1 aromatic carbocycles. The van der Waals surface area contributed by atoms with E-state index in [9.17, 15) is 14.3 Å². The van der Waals surface area contributed by atoms with Gasteiger partial charge in [-0.15, -0.1) is 11.3 Å². The van der Waals surface area contributed by atoms with Gasteiger partial charge >= 0.3 is 0 Å². The van der Waals surface area contributed by atoms with Crippen molar-refractivity contribution in [3.05, 3.63) is 62.4 Å². The summed E-state index contributed by atoms with van der Waals surface area (Å²) in [5, 5.41) is 16.1. The second-order valence-electron chi connectivity index (χ2n) is 6.22. The number of H-pyrrole nitrogens is 1. The molecular weight excluding hydrogens is 403 g/mol. The highest BCUT2D eigenvalue weighted by molar-refractivity contribution is 7.11. The van der Waals surface area contributed by atoms with E-state index < -0.39 is 5.82 Å². The van der Waals surface area contributed by atoms with Gasteiger partial charge in [0.25, 0.3) is 5.91 Å². The Balaban J connectivity index is 1.78. The molecule has 0 aliphatic carbocycles. The Morgan fingerprint density at radius 3 is 2.82 bits per heavy atom. The van der Waals surface area contributed by atoms with Crippen LogP contribution in [0.25, 0.3) is 11.3 Å². The van der Waals surface area contributed by atoms with Gasteiger partial charge in [-0.1, -0.05) is 17.7 Å². The molecule has 6 nitrogen and oxygen atoms in total. The van der Waals surface area contributed by atoms with Gasteiger partial charge < -0.3 is 20.7 Å². The quantitative estimate of drug-likeness (QED) is 0.469. The predicted molar refractivity (Wildman–Crippen MR) is 108 cm³/mol. The number of benzene rings is 1. The number of carbonyl (C=O) groups excluding carboxylic acids is 1. The normalized spacial score (nSPS) is 12.2. The molecule has 0 fully saturated rings. The minimum absolute atomic E-state index is 0.0455. The molecule has 0 bridgehead atoms. The van der Waals surface area contributed by atoms with Crippen LogP contribution in [0, 0.1) is 12.7 Å². The molecule has 148 valence electrons. The number of aliphatic hydroxyl groups is 1. The van der Waals surface area contributed by atoms with E-state index in [1.807, 2.05) is 6.92 Å². The van der Waals surface area contributed by atoms with Crippen LogP contribution < -0.4 is 10.6 Å². The van der Waals surface area contributed by atoms with Crippen LogP contribution in [-0.2, 0) is 6.61 Å². The Kier molecular flexibility index (Phi) is 6.46. The van der Waals surface area contributed by atoms with E-state index in [4.69, 9.17) is 11.6 Å². The smallest absolute Gasteiger partial charge is 0.268 e. The van der Waals surface area contributed by atoms with Crippen LogP contribution in [0.15, 0.2) is 30.3 Å². The van der Waals surface area contributed by atoms with Crippen LogP contribution in [0.4, 0.5) is 4.39 Å². The highest BCUT2D eigenvalue weighted by atomic mass is 35.5. The highest BCUT2D eigenvalue weighted by Crippen LogP contribution is 2.25. The Bertz CT molecular complexity index is 988. The molecule has 9 heteroatoms. The fraction of sp³-hybridized carbons (Fsp3) is 0.263. The predicted octanol–water partition coefficient (Wildman–Crippen LogP) is 3.42. The summed E-state index contributed by atoms with van der Waals surface area (Å²) in [7, 11) is 1.79. The average molecular weight is 423 g/mol. The number of aliphatic hydroxyl groups excluding tert-OH is 1. The molecule has 28 heavy (non-hydrogen) atoms. The number of aromatic amines is 1. The van der Waals surface area contributed by atoms with Crippen LogP contribution in [0.5, 0.6) is 0 Å². The van der Waals surface area contributed by atoms with Crippen molar-refractivity contribution < 1.29 is 14.3 Å². The zero-order valence-corrected chi connectivity index (χ0v) is 16.9. The van der Waals surface area contributed by atoms with Crippen LogP contribution in [0.2, 0.25) is 5.02 Å². The van der Waals surface area contributed by atoms with Crippen LogP contribution in [0.1, 0.15) is 32.1 Å². The number of nitrogens with zero attached hydrogens (tertiary/aromatic N) is 1.